The standard InChI is InChI=1S/C17H27N3O2/c1-19(12-14-5-3-7-18-11-14)16-13-20(8-10-21-2)15-6-4-9-22-17(15)16/h3,5,7,11,15-17H,4,6,8-10,12-13H2,1-2H3/t15-,16-,17+/m1/s1. The van der Waals surface area contributed by atoms with E-state index >= 15 is 0 Å². The summed E-state index contributed by atoms with van der Waals surface area (Å²) >= 11 is 0. The zero-order valence-corrected chi connectivity index (χ0v) is 13.6. The van der Waals surface area contributed by atoms with Gasteiger partial charge in [0.05, 0.1) is 18.8 Å². The van der Waals surface area contributed by atoms with Crippen molar-refractivity contribution in [3.05, 3.63) is 30.1 Å². The largest absolute Gasteiger partial charge is 0.383 e. The van der Waals surface area contributed by atoms with Crippen LogP contribution < -0.4 is 0 Å². The molecule has 2 aliphatic rings. The van der Waals surface area contributed by atoms with Gasteiger partial charge >= 0.3 is 0 Å². The molecule has 0 aliphatic carbocycles. The van der Waals surface area contributed by atoms with Gasteiger partial charge in [-0.1, -0.05) is 6.07 Å². The molecule has 0 radical (unpaired) electrons. The molecule has 0 unspecified atom stereocenters. The van der Waals surface area contributed by atoms with Gasteiger partial charge in [-0.15, -0.1) is 0 Å². The molecule has 1 aromatic heterocycles. The maximum absolute atomic E-state index is 6.14. The predicted octanol–water partition coefficient (Wildman–Crippen LogP) is 1.39. The Morgan fingerprint density at radius 3 is 3.18 bits per heavy atom. The number of likely N-dealkylation sites (N-methyl/N-ethyl adjacent to an activating group) is 1. The number of likely N-dealkylation sites (tertiary alicyclic amines) is 1. The van der Waals surface area contributed by atoms with Crippen LogP contribution in [0.4, 0.5) is 0 Å². The van der Waals surface area contributed by atoms with E-state index in [1.165, 1.54) is 18.4 Å². The predicted molar refractivity (Wildman–Crippen MR) is 85.7 cm³/mol. The van der Waals surface area contributed by atoms with Gasteiger partial charge in [0.1, 0.15) is 0 Å². The van der Waals surface area contributed by atoms with Gasteiger partial charge in [0, 0.05) is 51.8 Å². The minimum absolute atomic E-state index is 0.326. The summed E-state index contributed by atoms with van der Waals surface area (Å²) < 4.78 is 11.4. The van der Waals surface area contributed by atoms with Crippen LogP contribution in [0.5, 0.6) is 0 Å². The van der Waals surface area contributed by atoms with Gasteiger partial charge in [-0.05, 0) is 31.5 Å². The van der Waals surface area contributed by atoms with Crippen molar-refractivity contribution >= 4 is 0 Å². The molecule has 0 spiro atoms. The summed E-state index contributed by atoms with van der Waals surface area (Å²) in [4.78, 5) is 9.19. The highest BCUT2D eigenvalue weighted by molar-refractivity contribution is 5.09. The van der Waals surface area contributed by atoms with E-state index in [0.717, 1.165) is 32.8 Å². The lowest BCUT2D eigenvalue weighted by Crippen LogP contribution is -2.46. The number of pyridine rings is 1. The van der Waals surface area contributed by atoms with Crippen LogP contribution in [0.25, 0.3) is 0 Å². The second kappa shape index (κ2) is 7.51. The lowest BCUT2D eigenvalue weighted by Gasteiger charge is -2.34. The van der Waals surface area contributed by atoms with Crippen molar-refractivity contribution < 1.29 is 9.47 Å². The number of ether oxygens (including phenoxy) is 2. The van der Waals surface area contributed by atoms with Gasteiger partial charge in [-0.3, -0.25) is 14.8 Å². The lowest BCUT2D eigenvalue weighted by molar-refractivity contribution is -0.0392. The average Bonchev–Trinajstić information content (AvgIpc) is 2.93. The Balaban J connectivity index is 1.66. The van der Waals surface area contributed by atoms with Gasteiger partial charge in [0.2, 0.25) is 0 Å². The van der Waals surface area contributed by atoms with E-state index in [9.17, 15) is 0 Å². The molecule has 5 nitrogen and oxygen atoms in total. The number of aromatic nitrogens is 1. The molecule has 0 bridgehead atoms. The summed E-state index contributed by atoms with van der Waals surface area (Å²) in [5.74, 6) is 0. The Morgan fingerprint density at radius 1 is 1.50 bits per heavy atom. The Kier molecular flexibility index (Phi) is 5.41. The topological polar surface area (TPSA) is 37.8 Å². The monoisotopic (exact) mass is 305 g/mol. The maximum atomic E-state index is 6.14. The minimum Gasteiger partial charge on any atom is -0.383 e. The normalized spacial score (nSPS) is 29.0. The fourth-order valence-corrected chi connectivity index (χ4v) is 3.78. The van der Waals surface area contributed by atoms with Crippen molar-refractivity contribution in [1.29, 1.82) is 0 Å². The first-order chi connectivity index (χ1) is 10.8. The van der Waals surface area contributed by atoms with E-state index in [4.69, 9.17) is 9.47 Å². The van der Waals surface area contributed by atoms with Crippen molar-refractivity contribution in [1.82, 2.24) is 14.8 Å². The molecule has 0 N–H and O–H groups in total. The highest BCUT2D eigenvalue weighted by atomic mass is 16.5. The van der Waals surface area contributed by atoms with Crippen molar-refractivity contribution in [2.24, 2.45) is 0 Å². The molecule has 0 saturated carbocycles. The number of hydrogen-bond donors (Lipinski definition) is 0. The number of hydrogen-bond acceptors (Lipinski definition) is 5. The molecule has 1 aromatic rings. The third-order valence-electron chi connectivity index (χ3n) is 4.91. The van der Waals surface area contributed by atoms with Crippen LogP contribution >= 0.6 is 0 Å². The molecule has 2 saturated heterocycles. The van der Waals surface area contributed by atoms with E-state index in [-0.39, 0.29) is 0 Å². The quantitative estimate of drug-likeness (QED) is 0.794. The van der Waals surface area contributed by atoms with Crippen LogP contribution in [-0.4, -0.2) is 73.4 Å². The Labute approximate surface area is 133 Å². The molecule has 22 heavy (non-hydrogen) atoms. The van der Waals surface area contributed by atoms with Crippen LogP contribution in [0.3, 0.4) is 0 Å². The molecule has 2 fully saturated rings. The van der Waals surface area contributed by atoms with Crippen LogP contribution in [0.2, 0.25) is 0 Å². The van der Waals surface area contributed by atoms with Crippen molar-refractivity contribution in [3.63, 3.8) is 0 Å². The van der Waals surface area contributed by atoms with E-state index in [1.807, 2.05) is 18.5 Å². The molecular weight excluding hydrogens is 278 g/mol. The highest BCUT2D eigenvalue weighted by Gasteiger charge is 2.45. The molecule has 0 aromatic carbocycles. The molecular formula is C17H27N3O2. The lowest BCUT2D eigenvalue weighted by atomic mass is 10.00. The van der Waals surface area contributed by atoms with Gasteiger partial charge in [0.15, 0.2) is 0 Å². The number of nitrogens with zero attached hydrogens (tertiary/aromatic N) is 3. The summed E-state index contributed by atoms with van der Waals surface area (Å²) in [5.41, 5.74) is 1.26. The highest BCUT2D eigenvalue weighted by Crippen LogP contribution is 2.31. The molecule has 3 heterocycles. The SMILES string of the molecule is COCCN1C[C@@H](N(C)Cc2cccnc2)[C@H]2OCCC[C@H]21. The van der Waals surface area contributed by atoms with E-state index in [1.54, 1.807) is 7.11 Å². The van der Waals surface area contributed by atoms with Crippen LogP contribution in [0.15, 0.2) is 24.5 Å². The van der Waals surface area contributed by atoms with Gasteiger partial charge in [-0.25, -0.2) is 0 Å². The molecule has 3 atom stereocenters. The zero-order chi connectivity index (χ0) is 15.4. The molecule has 2 aliphatic heterocycles. The molecule has 3 rings (SSSR count). The van der Waals surface area contributed by atoms with E-state index in [0.29, 0.717) is 18.2 Å². The first-order valence-electron chi connectivity index (χ1n) is 8.23. The van der Waals surface area contributed by atoms with Gasteiger partial charge < -0.3 is 9.47 Å². The van der Waals surface area contributed by atoms with Crippen molar-refractivity contribution in [2.75, 3.05) is 40.5 Å². The summed E-state index contributed by atoms with van der Waals surface area (Å²) in [6, 6.07) is 5.14. The van der Waals surface area contributed by atoms with Gasteiger partial charge in [0.25, 0.3) is 0 Å². The molecule has 5 heteroatoms. The number of fused-ring (bicyclic) bond motifs is 1. The summed E-state index contributed by atoms with van der Waals surface area (Å²) in [6.45, 7) is 4.68. The molecule has 122 valence electrons. The Bertz CT molecular complexity index is 456. The first-order valence-corrected chi connectivity index (χ1v) is 8.23. The van der Waals surface area contributed by atoms with E-state index < -0.39 is 0 Å². The van der Waals surface area contributed by atoms with E-state index in [2.05, 4.69) is 27.9 Å². The zero-order valence-electron chi connectivity index (χ0n) is 13.6. The third-order valence-corrected chi connectivity index (χ3v) is 4.91. The smallest absolute Gasteiger partial charge is 0.0897 e. The molecule has 0 amide bonds. The van der Waals surface area contributed by atoms with Crippen LogP contribution in [-0.2, 0) is 16.0 Å². The first kappa shape index (κ1) is 15.9. The average molecular weight is 305 g/mol. The second-order valence-electron chi connectivity index (χ2n) is 6.38. The minimum atomic E-state index is 0.326. The summed E-state index contributed by atoms with van der Waals surface area (Å²) in [6.07, 6.45) is 6.52. The fourth-order valence-electron chi connectivity index (χ4n) is 3.78. The fraction of sp³-hybridized carbons (Fsp3) is 0.706. The van der Waals surface area contributed by atoms with Crippen LogP contribution in [0, 0.1) is 0 Å². The Hall–Kier alpha value is -1.01. The Morgan fingerprint density at radius 2 is 2.41 bits per heavy atom. The van der Waals surface area contributed by atoms with Crippen molar-refractivity contribution in [3.8, 4) is 0 Å². The third kappa shape index (κ3) is 3.49. The summed E-state index contributed by atoms with van der Waals surface area (Å²) in [5, 5.41) is 0. The number of methoxy groups -OCH3 is 1. The van der Waals surface area contributed by atoms with Gasteiger partial charge in [-0.2, -0.15) is 0 Å². The number of rotatable bonds is 6. The van der Waals surface area contributed by atoms with Crippen LogP contribution in [0.1, 0.15) is 18.4 Å². The summed E-state index contributed by atoms with van der Waals surface area (Å²) in [7, 11) is 3.98. The van der Waals surface area contributed by atoms with Crippen molar-refractivity contribution in [2.45, 2.75) is 37.6 Å². The maximum Gasteiger partial charge on any atom is 0.0897 e. The second-order valence-corrected chi connectivity index (χ2v) is 6.38.